The van der Waals surface area contributed by atoms with Gasteiger partial charge in [-0.05, 0) is 73.7 Å². The molecule has 36 heavy (non-hydrogen) atoms. The number of hydrogen-bond acceptors (Lipinski definition) is 8. The maximum Gasteiger partial charge on any atom is 0.178 e. The third-order valence-electron chi connectivity index (χ3n) is 7.19. The third kappa shape index (κ3) is 5.72. The van der Waals surface area contributed by atoms with Crippen LogP contribution in [0.25, 0.3) is 0 Å². The molecule has 5 rings (SSSR count). The van der Waals surface area contributed by atoms with Crippen LogP contribution < -0.4 is 9.47 Å². The van der Waals surface area contributed by atoms with E-state index < -0.39 is 9.84 Å². The summed E-state index contributed by atoms with van der Waals surface area (Å²) in [6.07, 6.45) is 1.74. The number of sulfone groups is 1. The fourth-order valence-corrected chi connectivity index (χ4v) is 6.95. The van der Waals surface area contributed by atoms with Gasteiger partial charge in [0.25, 0.3) is 0 Å². The molecule has 2 saturated heterocycles. The topological polar surface area (TPSA) is 99.9 Å². The van der Waals surface area contributed by atoms with Crippen molar-refractivity contribution in [1.29, 1.82) is 5.26 Å². The molecule has 8 nitrogen and oxygen atoms in total. The molecule has 2 aromatic rings. The van der Waals surface area contributed by atoms with E-state index in [0.717, 1.165) is 39.1 Å². The van der Waals surface area contributed by atoms with Gasteiger partial charge < -0.3 is 14.4 Å². The average Bonchev–Trinajstić information content (AvgIpc) is 2.88. The van der Waals surface area contributed by atoms with Gasteiger partial charge in [0.05, 0.1) is 28.8 Å². The van der Waals surface area contributed by atoms with Crippen LogP contribution in [0.1, 0.15) is 28.8 Å². The van der Waals surface area contributed by atoms with Crippen LogP contribution in [0.3, 0.4) is 0 Å². The molecule has 0 amide bonds. The Balaban J connectivity index is 1.10. The molecule has 2 atom stereocenters. The quantitative estimate of drug-likeness (QED) is 0.501. The van der Waals surface area contributed by atoms with E-state index in [2.05, 4.69) is 9.80 Å². The summed E-state index contributed by atoms with van der Waals surface area (Å²) in [7, 11) is -3.36. The van der Waals surface area contributed by atoms with E-state index in [1.54, 1.807) is 18.2 Å². The van der Waals surface area contributed by atoms with Crippen LogP contribution in [-0.2, 0) is 9.84 Å². The second kappa shape index (κ2) is 10.6. The van der Waals surface area contributed by atoms with Gasteiger partial charge in [0.1, 0.15) is 13.2 Å². The lowest BCUT2D eigenvalue weighted by Gasteiger charge is -2.45. The number of nitriles is 1. The molecule has 3 aliphatic rings. The number of carbonyl (C=O) groups excluding carboxylic acids is 1. The fraction of sp³-hybridized carbons (Fsp3) is 0.481. The van der Waals surface area contributed by atoms with Crippen molar-refractivity contribution in [3.8, 4) is 17.6 Å². The monoisotopic (exact) mass is 509 g/mol. The van der Waals surface area contributed by atoms with Crippen LogP contribution >= 0.6 is 0 Å². The Labute approximate surface area is 212 Å². The van der Waals surface area contributed by atoms with Crippen LogP contribution in [0.2, 0.25) is 0 Å². The summed E-state index contributed by atoms with van der Waals surface area (Å²) in [4.78, 5) is 17.9. The highest BCUT2D eigenvalue weighted by molar-refractivity contribution is 7.91. The maximum absolute atomic E-state index is 12.9. The third-order valence-corrected chi connectivity index (χ3v) is 9.01. The number of piperidine rings is 2. The highest BCUT2D eigenvalue weighted by atomic mass is 32.2. The van der Waals surface area contributed by atoms with Crippen molar-refractivity contribution >= 4 is 15.6 Å². The molecule has 2 fully saturated rings. The SMILES string of the molecule is N#Cc1ccc(S(=O)(=O)CCCN2CC3CC(C2)CN(CC(=O)c2ccc4c(c2)OCCO4)C3)cc1. The molecule has 2 aromatic carbocycles. The van der Waals surface area contributed by atoms with Gasteiger partial charge in [-0.3, -0.25) is 9.69 Å². The first kappa shape index (κ1) is 24.8. The minimum atomic E-state index is -3.36. The number of hydrogen-bond donors (Lipinski definition) is 0. The number of Topliss-reactive ketones (excluding diaryl/α,β-unsaturated/α-hetero) is 1. The second-order valence-electron chi connectivity index (χ2n) is 10.0. The smallest absolute Gasteiger partial charge is 0.178 e. The predicted octanol–water partition coefficient (Wildman–Crippen LogP) is 2.63. The molecule has 0 saturated carbocycles. The van der Waals surface area contributed by atoms with Crippen molar-refractivity contribution in [3.05, 3.63) is 53.6 Å². The van der Waals surface area contributed by atoms with Gasteiger partial charge >= 0.3 is 0 Å². The summed E-state index contributed by atoms with van der Waals surface area (Å²) in [6.45, 7) is 5.80. The Morgan fingerprint density at radius 2 is 1.61 bits per heavy atom. The fourth-order valence-electron chi connectivity index (χ4n) is 5.65. The second-order valence-corrected chi connectivity index (χ2v) is 12.1. The van der Waals surface area contributed by atoms with E-state index in [-0.39, 0.29) is 16.4 Å². The molecule has 2 bridgehead atoms. The summed E-state index contributed by atoms with van der Waals surface area (Å²) in [5.41, 5.74) is 1.11. The molecule has 2 unspecified atom stereocenters. The van der Waals surface area contributed by atoms with E-state index in [4.69, 9.17) is 14.7 Å². The van der Waals surface area contributed by atoms with Gasteiger partial charge in [0, 0.05) is 31.7 Å². The minimum absolute atomic E-state index is 0.0943. The highest BCUT2D eigenvalue weighted by Gasteiger charge is 2.34. The molecule has 0 radical (unpaired) electrons. The number of ether oxygens (including phenoxy) is 2. The van der Waals surface area contributed by atoms with Crippen LogP contribution in [0.15, 0.2) is 47.4 Å². The number of rotatable bonds is 8. The Kier molecular flexibility index (Phi) is 7.28. The number of ketones is 1. The number of likely N-dealkylation sites (tertiary alicyclic amines) is 2. The van der Waals surface area contributed by atoms with E-state index >= 15 is 0 Å². The van der Waals surface area contributed by atoms with Gasteiger partial charge in [0.2, 0.25) is 0 Å². The van der Waals surface area contributed by atoms with Gasteiger partial charge in [0.15, 0.2) is 27.1 Å². The summed E-state index contributed by atoms with van der Waals surface area (Å²) in [5, 5.41) is 8.90. The first-order valence-electron chi connectivity index (χ1n) is 12.5. The number of nitrogens with zero attached hydrogens (tertiary/aromatic N) is 3. The predicted molar refractivity (Wildman–Crippen MR) is 134 cm³/mol. The van der Waals surface area contributed by atoms with Crippen molar-refractivity contribution < 1.29 is 22.7 Å². The zero-order valence-electron chi connectivity index (χ0n) is 20.3. The standard InChI is InChI=1S/C27H31N3O5S/c28-14-20-2-5-24(6-3-20)36(32,33)11-1-8-29-15-21-12-22(16-29)18-30(17-21)19-25(31)23-4-7-26-27(13-23)35-10-9-34-26/h2-7,13,21-22H,1,8-12,15-19H2. The minimum Gasteiger partial charge on any atom is -0.486 e. The molecule has 9 heteroatoms. The Morgan fingerprint density at radius 3 is 2.31 bits per heavy atom. The van der Waals surface area contributed by atoms with Crippen molar-refractivity contribution in [2.45, 2.75) is 17.7 Å². The van der Waals surface area contributed by atoms with E-state index in [0.29, 0.717) is 60.6 Å². The summed E-state index contributed by atoms with van der Waals surface area (Å²) in [5.74, 6) is 2.49. The zero-order valence-corrected chi connectivity index (χ0v) is 21.1. The number of fused-ring (bicyclic) bond motifs is 3. The van der Waals surface area contributed by atoms with Crippen molar-refractivity contribution in [2.24, 2.45) is 11.8 Å². The normalized spacial score (nSPS) is 22.1. The van der Waals surface area contributed by atoms with Gasteiger partial charge in [-0.1, -0.05) is 0 Å². The molecule has 0 aliphatic carbocycles. The van der Waals surface area contributed by atoms with Crippen LogP contribution in [0.4, 0.5) is 0 Å². The van der Waals surface area contributed by atoms with Crippen LogP contribution in [0.5, 0.6) is 11.5 Å². The molecule has 0 aromatic heterocycles. The number of carbonyl (C=O) groups is 1. The van der Waals surface area contributed by atoms with Gasteiger partial charge in [-0.25, -0.2) is 8.42 Å². The van der Waals surface area contributed by atoms with Crippen LogP contribution in [0, 0.1) is 23.2 Å². The van der Waals surface area contributed by atoms with E-state index in [1.807, 2.05) is 18.2 Å². The number of benzene rings is 2. The Morgan fingerprint density at radius 1 is 0.944 bits per heavy atom. The molecule has 190 valence electrons. The summed E-state index contributed by atoms with van der Waals surface area (Å²) >= 11 is 0. The molecule has 3 aliphatic heterocycles. The molecule has 0 spiro atoms. The molecule has 3 heterocycles. The Hall–Kier alpha value is -2.93. The van der Waals surface area contributed by atoms with Crippen molar-refractivity contribution in [2.75, 3.05) is 58.2 Å². The lowest BCUT2D eigenvalue weighted by molar-refractivity contribution is 0.0314. The zero-order chi connectivity index (χ0) is 25.1. The molecule has 0 N–H and O–H groups in total. The highest BCUT2D eigenvalue weighted by Crippen LogP contribution is 2.32. The Bertz CT molecular complexity index is 1240. The molecular weight excluding hydrogens is 478 g/mol. The van der Waals surface area contributed by atoms with Crippen LogP contribution in [-0.4, -0.2) is 82.2 Å². The van der Waals surface area contributed by atoms with Crippen molar-refractivity contribution in [3.63, 3.8) is 0 Å². The van der Waals surface area contributed by atoms with E-state index in [1.165, 1.54) is 12.1 Å². The van der Waals surface area contributed by atoms with Crippen molar-refractivity contribution in [1.82, 2.24) is 9.80 Å². The first-order chi connectivity index (χ1) is 17.4. The lowest BCUT2D eigenvalue weighted by Crippen LogP contribution is -2.53. The maximum atomic E-state index is 12.9. The van der Waals surface area contributed by atoms with Gasteiger partial charge in [-0.2, -0.15) is 5.26 Å². The van der Waals surface area contributed by atoms with E-state index in [9.17, 15) is 13.2 Å². The lowest BCUT2D eigenvalue weighted by atomic mass is 9.84. The summed E-state index contributed by atoms with van der Waals surface area (Å²) in [6, 6.07) is 13.5. The molecular formula is C27H31N3O5S. The average molecular weight is 510 g/mol. The first-order valence-corrected chi connectivity index (χ1v) is 14.2. The largest absolute Gasteiger partial charge is 0.486 e. The summed E-state index contributed by atoms with van der Waals surface area (Å²) < 4.78 is 36.5. The van der Waals surface area contributed by atoms with Gasteiger partial charge in [-0.15, -0.1) is 0 Å².